The predicted molar refractivity (Wildman–Crippen MR) is 70.8 cm³/mol. The zero-order chi connectivity index (χ0) is 12.7. The first kappa shape index (κ1) is 14.0. The lowest BCUT2D eigenvalue weighted by atomic mass is 10.1. The van der Waals surface area contributed by atoms with E-state index in [4.69, 9.17) is 9.47 Å². The maximum atomic E-state index is 5.86. The van der Waals surface area contributed by atoms with Gasteiger partial charge in [0.1, 0.15) is 12.4 Å². The van der Waals surface area contributed by atoms with Gasteiger partial charge in [0.15, 0.2) is 0 Å². The molecule has 1 rings (SSSR count). The van der Waals surface area contributed by atoms with Gasteiger partial charge in [-0.2, -0.15) is 0 Å². The van der Waals surface area contributed by atoms with E-state index >= 15 is 0 Å². The zero-order valence-electron chi connectivity index (χ0n) is 11.2. The van der Waals surface area contributed by atoms with Gasteiger partial charge < -0.3 is 14.8 Å². The molecule has 96 valence electrons. The molecule has 0 saturated heterocycles. The van der Waals surface area contributed by atoms with Gasteiger partial charge in [-0.25, -0.2) is 0 Å². The Morgan fingerprint density at radius 2 is 1.88 bits per heavy atom. The van der Waals surface area contributed by atoms with Gasteiger partial charge >= 0.3 is 0 Å². The monoisotopic (exact) mass is 237 g/mol. The maximum Gasteiger partial charge on any atom is 0.125 e. The second kappa shape index (κ2) is 7.30. The van der Waals surface area contributed by atoms with Gasteiger partial charge in [0.05, 0.1) is 6.61 Å². The molecule has 0 spiro atoms. The third-order valence-electron chi connectivity index (χ3n) is 2.69. The predicted octanol–water partition coefficient (Wildman–Crippen LogP) is 2.31. The topological polar surface area (TPSA) is 30.5 Å². The second-order valence-corrected chi connectivity index (χ2v) is 4.38. The summed E-state index contributed by atoms with van der Waals surface area (Å²) in [6, 6.07) is 6.53. The van der Waals surface area contributed by atoms with Crippen molar-refractivity contribution in [2.75, 3.05) is 26.9 Å². The Balaban J connectivity index is 2.39. The smallest absolute Gasteiger partial charge is 0.125 e. The lowest BCUT2D eigenvalue weighted by Gasteiger charge is -2.17. The minimum Gasteiger partial charge on any atom is -0.491 e. The lowest BCUT2D eigenvalue weighted by Crippen LogP contribution is -2.34. The molecule has 1 unspecified atom stereocenters. The third-order valence-corrected chi connectivity index (χ3v) is 2.69. The maximum absolute atomic E-state index is 5.86. The Kier molecular flexibility index (Phi) is 6.01. The molecule has 3 heteroatoms. The summed E-state index contributed by atoms with van der Waals surface area (Å²) < 4.78 is 10.8. The van der Waals surface area contributed by atoms with E-state index in [0.29, 0.717) is 12.6 Å². The van der Waals surface area contributed by atoms with Crippen LogP contribution in [0.2, 0.25) is 0 Å². The largest absolute Gasteiger partial charge is 0.491 e. The fraction of sp³-hybridized carbons (Fsp3) is 0.571. The van der Waals surface area contributed by atoms with Gasteiger partial charge in [0.25, 0.3) is 0 Å². The molecule has 1 aromatic rings. The first-order valence-electron chi connectivity index (χ1n) is 6.06. The van der Waals surface area contributed by atoms with Crippen LogP contribution in [0.5, 0.6) is 5.75 Å². The molecule has 1 aromatic carbocycles. The van der Waals surface area contributed by atoms with Crippen LogP contribution in [0, 0.1) is 13.8 Å². The van der Waals surface area contributed by atoms with Crippen molar-refractivity contribution in [3.8, 4) is 5.75 Å². The summed E-state index contributed by atoms with van der Waals surface area (Å²) >= 11 is 0. The second-order valence-electron chi connectivity index (χ2n) is 4.38. The van der Waals surface area contributed by atoms with E-state index in [1.54, 1.807) is 7.11 Å². The summed E-state index contributed by atoms with van der Waals surface area (Å²) in [5, 5.41) is 3.34. The molecule has 0 amide bonds. The van der Waals surface area contributed by atoms with Crippen molar-refractivity contribution >= 4 is 0 Å². The molecule has 0 aliphatic carbocycles. The third kappa shape index (κ3) is 4.75. The molecule has 1 N–H and O–H groups in total. The van der Waals surface area contributed by atoms with Crippen LogP contribution in [0.15, 0.2) is 18.2 Å². The van der Waals surface area contributed by atoms with Crippen molar-refractivity contribution in [1.82, 2.24) is 5.32 Å². The fourth-order valence-corrected chi connectivity index (χ4v) is 1.70. The molecule has 0 saturated carbocycles. The number of hydrogen-bond donors (Lipinski definition) is 1. The Hall–Kier alpha value is -1.06. The van der Waals surface area contributed by atoms with Crippen molar-refractivity contribution in [1.29, 1.82) is 0 Å². The summed E-state index contributed by atoms with van der Waals surface area (Å²) in [7, 11) is 1.71. The molecular weight excluding hydrogens is 214 g/mol. The Labute approximate surface area is 104 Å². The highest BCUT2D eigenvalue weighted by atomic mass is 16.5. The fourth-order valence-electron chi connectivity index (χ4n) is 1.70. The van der Waals surface area contributed by atoms with Crippen molar-refractivity contribution in [3.63, 3.8) is 0 Å². The molecule has 17 heavy (non-hydrogen) atoms. The van der Waals surface area contributed by atoms with Gasteiger partial charge in [-0.3, -0.25) is 0 Å². The molecule has 0 bridgehead atoms. The highest BCUT2D eigenvalue weighted by Crippen LogP contribution is 2.22. The standard InChI is InChI=1S/C14H23NO2/c1-11-6-5-7-12(2)14(11)17-10-13(3)15-8-9-16-4/h5-7,13,15H,8-10H2,1-4H3. The molecule has 0 heterocycles. The highest BCUT2D eigenvalue weighted by Gasteiger charge is 2.06. The van der Waals surface area contributed by atoms with Crippen LogP contribution in [-0.2, 0) is 4.74 Å². The Morgan fingerprint density at radius 1 is 1.24 bits per heavy atom. The SMILES string of the molecule is COCCNC(C)COc1c(C)cccc1C. The molecule has 0 aliphatic heterocycles. The minimum absolute atomic E-state index is 0.323. The summed E-state index contributed by atoms with van der Waals surface area (Å²) in [5.74, 6) is 1.01. The van der Waals surface area contributed by atoms with Gasteiger partial charge in [0, 0.05) is 19.7 Å². The molecule has 0 fully saturated rings. The van der Waals surface area contributed by atoms with Crippen LogP contribution in [0.25, 0.3) is 0 Å². The van der Waals surface area contributed by atoms with Crippen LogP contribution in [0.3, 0.4) is 0 Å². The zero-order valence-corrected chi connectivity index (χ0v) is 11.2. The van der Waals surface area contributed by atoms with Crippen LogP contribution >= 0.6 is 0 Å². The summed E-state index contributed by atoms with van der Waals surface area (Å²) in [6.45, 7) is 8.52. The number of hydrogen-bond acceptors (Lipinski definition) is 3. The van der Waals surface area contributed by atoms with Gasteiger partial charge in [-0.1, -0.05) is 18.2 Å². The summed E-state index contributed by atoms with van der Waals surface area (Å²) in [5.41, 5.74) is 2.38. The van der Waals surface area contributed by atoms with Crippen molar-refractivity contribution < 1.29 is 9.47 Å². The van der Waals surface area contributed by atoms with E-state index in [-0.39, 0.29) is 0 Å². The molecule has 1 atom stereocenters. The lowest BCUT2D eigenvalue weighted by molar-refractivity contribution is 0.189. The number of nitrogens with one attached hydrogen (secondary N) is 1. The van der Waals surface area contributed by atoms with E-state index < -0.39 is 0 Å². The van der Waals surface area contributed by atoms with E-state index in [1.807, 2.05) is 0 Å². The molecule has 0 radical (unpaired) electrons. The Bertz CT molecular complexity index is 319. The molecule has 0 aromatic heterocycles. The van der Waals surface area contributed by atoms with Crippen LogP contribution in [0.1, 0.15) is 18.1 Å². The number of aryl methyl sites for hydroxylation is 2. The van der Waals surface area contributed by atoms with Gasteiger partial charge in [0.2, 0.25) is 0 Å². The van der Waals surface area contributed by atoms with Crippen molar-refractivity contribution in [2.24, 2.45) is 0 Å². The number of rotatable bonds is 7. The Morgan fingerprint density at radius 3 is 2.47 bits per heavy atom. The van der Waals surface area contributed by atoms with Crippen molar-refractivity contribution in [3.05, 3.63) is 29.3 Å². The van der Waals surface area contributed by atoms with E-state index in [1.165, 1.54) is 11.1 Å². The normalized spacial score (nSPS) is 12.5. The highest BCUT2D eigenvalue weighted by molar-refractivity contribution is 5.39. The molecule has 3 nitrogen and oxygen atoms in total. The quantitative estimate of drug-likeness (QED) is 0.738. The average Bonchev–Trinajstić information content (AvgIpc) is 2.29. The summed E-state index contributed by atoms with van der Waals surface area (Å²) in [4.78, 5) is 0. The van der Waals surface area contributed by atoms with E-state index in [9.17, 15) is 0 Å². The van der Waals surface area contributed by atoms with Gasteiger partial charge in [-0.15, -0.1) is 0 Å². The first-order valence-corrected chi connectivity index (χ1v) is 6.06. The average molecular weight is 237 g/mol. The molecule has 0 aliphatic rings. The summed E-state index contributed by atoms with van der Waals surface area (Å²) in [6.07, 6.45) is 0. The van der Waals surface area contributed by atoms with Crippen LogP contribution < -0.4 is 10.1 Å². The number of methoxy groups -OCH3 is 1. The number of benzene rings is 1. The molecular formula is C14H23NO2. The van der Waals surface area contributed by atoms with Gasteiger partial charge in [-0.05, 0) is 31.9 Å². The van der Waals surface area contributed by atoms with Crippen LogP contribution in [-0.4, -0.2) is 32.9 Å². The minimum atomic E-state index is 0.323. The van der Waals surface area contributed by atoms with E-state index in [2.05, 4.69) is 44.3 Å². The van der Waals surface area contributed by atoms with Crippen LogP contribution in [0.4, 0.5) is 0 Å². The first-order chi connectivity index (χ1) is 8.15. The number of ether oxygens (including phenoxy) is 2. The van der Waals surface area contributed by atoms with E-state index in [0.717, 1.165) is 18.9 Å². The van der Waals surface area contributed by atoms with Crippen molar-refractivity contribution in [2.45, 2.75) is 26.8 Å². The number of para-hydroxylation sites is 1.